The predicted octanol–water partition coefficient (Wildman–Crippen LogP) is 1.08. The molecule has 3 aromatic heterocycles. The van der Waals surface area contributed by atoms with Crippen LogP contribution in [0.5, 0.6) is 6.01 Å². The number of nitrogens with zero attached hydrogens (tertiary/aromatic N) is 8. The Labute approximate surface area is 220 Å². The van der Waals surface area contributed by atoms with Crippen LogP contribution in [-0.2, 0) is 23.0 Å². The fourth-order valence-corrected chi connectivity index (χ4v) is 5.15. The lowest BCUT2D eigenvalue weighted by molar-refractivity contribution is -0.113. The van der Waals surface area contributed by atoms with Crippen molar-refractivity contribution in [3.05, 3.63) is 30.1 Å². The van der Waals surface area contributed by atoms with Crippen LogP contribution in [0.3, 0.4) is 0 Å². The monoisotopic (exact) mass is 519 g/mol. The lowest BCUT2D eigenvalue weighted by atomic mass is 10.0. The van der Waals surface area contributed by atoms with Gasteiger partial charge in [-0.05, 0) is 19.1 Å². The SMILES string of the molecule is CCc1nc2ccccc2n1-c1nc(N2CCOCC2)c2nc(OC3CN(CC(C)(N)C=O)C3)n(C)c2n1. The number of para-hydroxylation sites is 2. The van der Waals surface area contributed by atoms with Crippen LogP contribution in [0, 0.1) is 0 Å². The first-order valence-electron chi connectivity index (χ1n) is 13.0. The summed E-state index contributed by atoms with van der Waals surface area (Å²) in [6, 6.07) is 8.53. The number of aldehydes is 1. The molecule has 1 aromatic carbocycles. The van der Waals surface area contributed by atoms with Crippen molar-refractivity contribution in [1.29, 1.82) is 0 Å². The molecule has 0 radical (unpaired) electrons. The van der Waals surface area contributed by atoms with E-state index in [1.165, 1.54) is 0 Å². The molecule has 0 spiro atoms. The van der Waals surface area contributed by atoms with Gasteiger partial charge in [-0.2, -0.15) is 15.0 Å². The summed E-state index contributed by atoms with van der Waals surface area (Å²) in [4.78, 5) is 35.2. The number of nitrogens with two attached hydrogens (primary N) is 1. The maximum absolute atomic E-state index is 11.2. The van der Waals surface area contributed by atoms with Crippen molar-refractivity contribution >= 4 is 34.3 Å². The molecule has 4 aromatic rings. The van der Waals surface area contributed by atoms with E-state index in [0.717, 1.165) is 48.5 Å². The number of anilines is 1. The van der Waals surface area contributed by atoms with Gasteiger partial charge in [-0.3, -0.25) is 14.0 Å². The number of carbonyl (C=O) groups excluding carboxylic acids is 1. The molecule has 2 fully saturated rings. The molecule has 2 saturated heterocycles. The molecule has 0 bridgehead atoms. The molecule has 12 nitrogen and oxygen atoms in total. The fourth-order valence-electron chi connectivity index (χ4n) is 5.15. The molecule has 1 unspecified atom stereocenters. The second-order valence-electron chi connectivity index (χ2n) is 10.3. The van der Waals surface area contributed by atoms with Gasteiger partial charge in [0.1, 0.15) is 18.2 Å². The van der Waals surface area contributed by atoms with Gasteiger partial charge < -0.3 is 24.9 Å². The quantitative estimate of drug-likeness (QED) is 0.338. The maximum atomic E-state index is 11.2. The Kier molecular flexibility index (Phi) is 6.25. The number of imidazole rings is 2. The van der Waals surface area contributed by atoms with Crippen molar-refractivity contribution in [2.45, 2.75) is 31.9 Å². The number of aryl methyl sites for hydroxylation is 2. The van der Waals surface area contributed by atoms with Crippen LogP contribution in [0.2, 0.25) is 0 Å². The Morgan fingerprint density at radius 3 is 2.66 bits per heavy atom. The molecule has 38 heavy (non-hydrogen) atoms. The van der Waals surface area contributed by atoms with Gasteiger partial charge in [-0.25, -0.2) is 4.98 Å². The first-order valence-corrected chi connectivity index (χ1v) is 13.0. The van der Waals surface area contributed by atoms with E-state index < -0.39 is 5.54 Å². The van der Waals surface area contributed by atoms with Gasteiger partial charge in [0.2, 0.25) is 5.95 Å². The number of aromatic nitrogens is 6. The van der Waals surface area contributed by atoms with E-state index in [9.17, 15) is 4.79 Å². The third kappa shape index (κ3) is 4.38. The van der Waals surface area contributed by atoms with Crippen LogP contribution < -0.4 is 15.4 Å². The summed E-state index contributed by atoms with van der Waals surface area (Å²) < 4.78 is 15.8. The van der Waals surface area contributed by atoms with E-state index >= 15 is 0 Å². The van der Waals surface area contributed by atoms with Crippen molar-refractivity contribution < 1.29 is 14.3 Å². The zero-order valence-electron chi connectivity index (χ0n) is 22.0. The Morgan fingerprint density at radius 1 is 1.16 bits per heavy atom. The average molecular weight is 520 g/mol. The minimum Gasteiger partial charge on any atom is -0.459 e. The van der Waals surface area contributed by atoms with E-state index in [-0.39, 0.29) is 6.10 Å². The molecule has 0 amide bonds. The number of carbonyl (C=O) groups is 1. The summed E-state index contributed by atoms with van der Waals surface area (Å²) in [5.41, 5.74) is 8.39. The number of morpholine rings is 1. The van der Waals surface area contributed by atoms with Gasteiger partial charge >= 0.3 is 0 Å². The number of rotatable bonds is 8. The number of hydrogen-bond donors (Lipinski definition) is 1. The molecule has 1 atom stereocenters. The molecular weight excluding hydrogens is 486 g/mol. The van der Waals surface area contributed by atoms with Crippen LogP contribution in [0.1, 0.15) is 19.7 Å². The Hall–Kier alpha value is -3.61. The summed E-state index contributed by atoms with van der Waals surface area (Å²) in [5.74, 6) is 2.22. The largest absolute Gasteiger partial charge is 0.459 e. The number of benzene rings is 1. The third-order valence-electron chi connectivity index (χ3n) is 7.13. The topological polar surface area (TPSA) is 129 Å². The maximum Gasteiger partial charge on any atom is 0.298 e. The van der Waals surface area contributed by atoms with Gasteiger partial charge in [0.05, 0.1) is 29.8 Å². The highest BCUT2D eigenvalue weighted by Crippen LogP contribution is 2.31. The lowest BCUT2D eigenvalue weighted by Crippen LogP contribution is -2.60. The van der Waals surface area contributed by atoms with Gasteiger partial charge in [0.25, 0.3) is 6.01 Å². The minimum atomic E-state index is -0.864. The molecule has 6 rings (SSSR count). The first-order chi connectivity index (χ1) is 18.4. The minimum absolute atomic E-state index is 0.0449. The van der Waals surface area contributed by atoms with E-state index in [1.54, 1.807) is 6.92 Å². The van der Waals surface area contributed by atoms with Crippen molar-refractivity contribution in [3.8, 4) is 12.0 Å². The zero-order chi connectivity index (χ0) is 26.4. The Bertz CT molecular complexity index is 1480. The van der Waals surface area contributed by atoms with Crippen molar-refractivity contribution in [2.24, 2.45) is 12.8 Å². The van der Waals surface area contributed by atoms with Crippen LogP contribution in [-0.4, -0.2) is 97.8 Å². The highest BCUT2D eigenvalue weighted by molar-refractivity contribution is 5.86. The van der Waals surface area contributed by atoms with E-state index in [4.69, 9.17) is 35.1 Å². The second-order valence-corrected chi connectivity index (χ2v) is 10.3. The molecule has 2 aliphatic heterocycles. The molecule has 12 heteroatoms. The standard InChI is InChI=1S/C26H33N9O3/c1-4-20-28-18-7-5-6-8-19(18)35(20)24-30-22-21(23(31-24)34-9-11-37-12-10-34)29-25(32(22)3)38-17-13-33(14-17)15-26(2,27)16-36/h5-8,16-17H,4,9-15,27H2,1-3H3. The number of likely N-dealkylation sites (tertiary alicyclic amines) is 1. The van der Waals surface area contributed by atoms with Gasteiger partial charge in [-0.15, -0.1) is 0 Å². The van der Waals surface area contributed by atoms with Crippen LogP contribution in [0.25, 0.3) is 28.1 Å². The molecule has 5 heterocycles. The van der Waals surface area contributed by atoms with Crippen LogP contribution in [0.4, 0.5) is 5.82 Å². The third-order valence-corrected chi connectivity index (χ3v) is 7.13. The Morgan fingerprint density at radius 2 is 1.92 bits per heavy atom. The summed E-state index contributed by atoms with van der Waals surface area (Å²) >= 11 is 0. The summed E-state index contributed by atoms with van der Waals surface area (Å²) in [7, 11) is 1.91. The summed E-state index contributed by atoms with van der Waals surface area (Å²) in [5, 5.41) is 0. The average Bonchev–Trinajstić information content (AvgIpc) is 3.44. The van der Waals surface area contributed by atoms with Crippen molar-refractivity contribution in [2.75, 3.05) is 50.8 Å². The summed E-state index contributed by atoms with van der Waals surface area (Å²) in [6.07, 6.45) is 1.49. The molecule has 0 aliphatic carbocycles. The normalized spacial score (nSPS) is 18.6. The van der Waals surface area contributed by atoms with Gasteiger partial charge in [0, 0.05) is 46.2 Å². The number of fused-ring (bicyclic) bond motifs is 2. The van der Waals surface area contributed by atoms with Crippen LogP contribution >= 0.6 is 0 Å². The molecule has 2 N–H and O–H groups in total. The molecular formula is C26H33N9O3. The van der Waals surface area contributed by atoms with Crippen LogP contribution in [0.15, 0.2) is 24.3 Å². The highest BCUT2D eigenvalue weighted by Gasteiger charge is 2.34. The van der Waals surface area contributed by atoms with E-state index in [1.807, 2.05) is 40.4 Å². The van der Waals surface area contributed by atoms with Crippen molar-refractivity contribution in [1.82, 2.24) is 34.0 Å². The zero-order valence-corrected chi connectivity index (χ0v) is 22.0. The second kappa shape index (κ2) is 9.61. The number of hydrogen-bond acceptors (Lipinski definition) is 10. The molecule has 2 aliphatic rings. The highest BCUT2D eigenvalue weighted by atomic mass is 16.5. The molecule has 0 saturated carbocycles. The number of ether oxygens (including phenoxy) is 2. The van der Waals surface area contributed by atoms with Gasteiger partial charge in [-0.1, -0.05) is 19.1 Å². The van der Waals surface area contributed by atoms with E-state index in [0.29, 0.717) is 56.0 Å². The predicted molar refractivity (Wildman–Crippen MR) is 143 cm³/mol. The smallest absolute Gasteiger partial charge is 0.298 e. The first kappa shape index (κ1) is 24.7. The fraction of sp³-hybridized carbons (Fsp3) is 0.500. The molecule has 200 valence electrons. The Balaban J connectivity index is 1.39. The van der Waals surface area contributed by atoms with Crippen molar-refractivity contribution in [3.63, 3.8) is 0 Å². The van der Waals surface area contributed by atoms with E-state index in [2.05, 4.69) is 16.7 Å². The van der Waals surface area contributed by atoms with Gasteiger partial charge in [0.15, 0.2) is 17.0 Å². The summed E-state index contributed by atoms with van der Waals surface area (Å²) in [6.45, 7) is 8.36. The lowest BCUT2D eigenvalue weighted by Gasteiger charge is -2.41.